The Kier molecular flexibility index (Phi) is 5.29. The second-order valence-corrected chi connectivity index (χ2v) is 5.67. The van der Waals surface area contributed by atoms with Gasteiger partial charge >= 0.3 is 0 Å². The van der Waals surface area contributed by atoms with E-state index in [1.54, 1.807) is 0 Å². The summed E-state index contributed by atoms with van der Waals surface area (Å²) in [6.07, 6.45) is 0. The van der Waals surface area contributed by atoms with Gasteiger partial charge in [0.25, 0.3) is 0 Å². The summed E-state index contributed by atoms with van der Waals surface area (Å²) in [5.41, 5.74) is 1.31. The fourth-order valence-corrected chi connectivity index (χ4v) is 2.90. The van der Waals surface area contributed by atoms with E-state index in [9.17, 15) is 0 Å². The van der Waals surface area contributed by atoms with E-state index in [0.717, 1.165) is 36.5 Å². The molecule has 17 heavy (non-hydrogen) atoms. The van der Waals surface area contributed by atoms with Gasteiger partial charge in [-0.3, -0.25) is 9.80 Å². The molecule has 0 amide bonds. The standard InChI is InChI=1S/C13H18BrClN2/c14-4-5-16-6-8-17(9-7-16)11-12-2-1-3-13(15)10-12/h1-3,10H,4-9,11H2. The zero-order valence-electron chi connectivity index (χ0n) is 9.91. The molecule has 2 nitrogen and oxygen atoms in total. The third kappa shape index (κ3) is 4.25. The SMILES string of the molecule is Clc1cccc(CN2CCN(CCBr)CC2)c1. The van der Waals surface area contributed by atoms with Gasteiger partial charge in [0, 0.05) is 49.6 Å². The summed E-state index contributed by atoms with van der Waals surface area (Å²) in [5.74, 6) is 0. The summed E-state index contributed by atoms with van der Waals surface area (Å²) in [7, 11) is 0. The van der Waals surface area contributed by atoms with Crippen LogP contribution >= 0.6 is 27.5 Å². The Balaban J connectivity index is 1.82. The third-order valence-corrected chi connectivity index (χ3v) is 3.75. The van der Waals surface area contributed by atoms with Gasteiger partial charge in [-0.1, -0.05) is 39.7 Å². The summed E-state index contributed by atoms with van der Waals surface area (Å²) in [4.78, 5) is 5.00. The Bertz CT molecular complexity index is 351. The van der Waals surface area contributed by atoms with Crippen LogP contribution in [-0.4, -0.2) is 47.9 Å². The highest BCUT2D eigenvalue weighted by Gasteiger charge is 2.16. The average molecular weight is 318 g/mol. The molecule has 1 heterocycles. The van der Waals surface area contributed by atoms with E-state index < -0.39 is 0 Å². The molecule has 2 rings (SSSR count). The first kappa shape index (κ1) is 13.3. The molecule has 4 heteroatoms. The minimum Gasteiger partial charge on any atom is -0.300 e. The van der Waals surface area contributed by atoms with E-state index in [2.05, 4.69) is 37.9 Å². The van der Waals surface area contributed by atoms with Gasteiger partial charge in [0.1, 0.15) is 0 Å². The van der Waals surface area contributed by atoms with Crippen LogP contribution in [0.5, 0.6) is 0 Å². The maximum atomic E-state index is 5.99. The van der Waals surface area contributed by atoms with E-state index in [1.165, 1.54) is 18.7 Å². The minimum absolute atomic E-state index is 0.834. The molecule has 1 aromatic rings. The molecule has 1 fully saturated rings. The average Bonchev–Trinajstić information content (AvgIpc) is 2.32. The van der Waals surface area contributed by atoms with Crippen LogP contribution in [0.2, 0.25) is 5.02 Å². The first-order valence-electron chi connectivity index (χ1n) is 6.03. The van der Waals surface area contributed by atoms with Crippen molar-refractivity contribution in [2.45, 2.75) is 6.54 Å². The first-order valence-corrected chi connectivity index (χ1v) is 7.53. The quantitative estimate of drug-likeness (QED) is 0.788. The zero-order chi connectivity index (χ0) is 12.1. The topological polar surface area (TPSA) is 6.48 Å². The Hall–Kier alpha value is -0.0900. The van der Waals surface area contributed by atoms with Gasteiger partial charge in [0.2, 0.25) is 0 Å². The molecule has 1 saturated heterocycles. The Morgan fingerprint density at radius 2 is 1.82 bits per heavy atom. The molecular weight excluding hydrogens is 300 g/mol. The molecule has 0 unspecified atom stereocenters. The number of piperazine rings is 1. The number of halogens is 2. The number of hydrogen-bond acceptors (Lipinski definition) is 2. The van der Waals surface area contributed by atoms with E-state index in [-0.39, 0.29) is 0 Å². The molecule has 0 saturated carbocycles. The molecule has 0 bridgehead atoms. The third-order valence-electron chi connectivity index (χ3n) is 3.16. The van der Waals surface area contributed by atoms with Crippen LogP contribution in [0.3, 0.4) is 0 Å². The van der Waals surface area contributed by atoms with Gasteiger partial charge < -0.3 is 0 Å². The number of alkyl halides is 1. The lowest BCUT2D eigenvalue weighted by Gasteiger charge is -2.34. The van der Waals surface area contributed by atoms with Crippen molar-refractivity contribution >= 4 is 27.5 Å². The normalized spacial score (nSPS) is 18.5. The highest BCUT2D eigenvalue weighted by atomic mass is 79.9. The summed E-state index contributed by atoms with van der Waals surface area (Å²) in [6.45, 7) is 6.82. The fraction of sp³-hybridized carbons (Fsp3) is 0.538. The molecule has 0 aliphatic carbocycles. The van der Waals surface area contributed by atoms with Gasteiger partial charge in [-0.15, -0.1) is 0 Å². The molecule has 0 atom stereocenters. The Morgan fingerprint density at radius 1 is 1.12 bits per heavy atom. The summed E-state index contributed by atoms with van der Waals surface area (Å²) >= 11 is 9.49. The highest BCUT2D eigenvalue weighted by molar-refractivity contribution is 9.09. The van der Waals surface area contributed by atoms with Crippen molar-refractivity contribution < 1.29 is 0 Å². The Labute approximate surface area is 117 Å². The minimum atomic E-state index is 0.834. The van der Waals surface area contributed by atoms with E-state index in [0.29, 0.717) is 0 Å². The molecule has 1 aromatic carbocycles. The summed E-state index contributed by atoms with van der Waals surface area (Å²) in [6, 6.07) is 8.17. The number of rotatable bonds is 4. The van der Waals surface area contributed by atoms with Crippen molar-refractivity contribution in [2.24, 2.45) is 0 Å². The van der Waals surface area contributed by atoms with Crippen molar-refractivity contribution in [1.29, 1.82) is 0 Å². The second-order valence-electron chi connectivity index (χ2n) is 4.44. The van der Waals surface area contributed by atoms with E-state index in [1.807, 2.05) is 12.1 Å². The number of nitrogens with zero attached hydrogens (tertiary/aromatic N) is 2. The molecule has 1 aliphatic rings. The van der Waals surface area contributed by atoms with Crippen LogP contribution < -0.4 is 0 Å². The van der Waals surface area contributed by atoms with Gasteiger partial charge in [0.15, 0.2) is 0 Å². The monoisotopic (exact) mass is 316 g/mol. The van der Waals surface area contributed by atoms with E-state index >= 15 is 0 Å². The highest BCUT2D eigenvalue weighted by Crippen LogP contribution is 2.13. The largest absolute Gasteiger partial charge is 0.300 e. The van der Waals surface area contributed by atoms with Crippen LogP contribution in [-0.2, 0) is 6.54 Å². The van der Waals surface area contributed by atoms with Crippen LogP contribution in [0.4, 0.5) is 0 Å². The Morgan fingerprint density at radius 3 is 2.47 bits per heavy atom. The van der Waals surface area contributed by atoms with Crippen LogP contribution in [0.15, 0.2) is 24.3 Å². The lowest BCUT2D eigenvalue weighted by Crippen LogP contribution is -2.46. The zero-order valence-corrected chi connectivity index (χ0v) is 12.3. The molecular formula is C13H18BrClN2. The van der Waals surface area contributed by atoms with E-state index in [4.69, 9.17) is 11.6 Å². The van der Waals surface area contributed by atoms with Crippen molar-refractivity contribution in [1.82, 2.24) is 9.80 Å². The molecule has 0 N–H and O–H groups in total. The number of benzene rings is 1. The van der Waals surface area contributed by atoms with Gasteiger partial charge in [-0.25, -0.2) is 0 Å². The van der Waals surface area contributed by atoms with Gasteiger partial charge in [-0.2, -0.15) is 0 Å². The van der Waals surface area contributed by atoms with Crippen LogP contribution in [0, 0.1) is 0 Å². The molecule has 0 radical (unpaired) electrons. The fourth-order valence-electron chi connectivity index (χ4n) is 2.18. The maximum Gasteiger partial charge on any atom is 0.0409 e. The van der Waals surface area contributed by atoms with Crippen molar-refractivity contribution in [2.75, 3.05) is 38.1 Å². The van der Waals surface area contributed by atoms with Crippen LogP contribution in [0.25, 0.3) is 0 Å². The maximum absolute atomic E-state index is 5.99. The summed E-state index contributed by atoms with van der Waals surface area (Å²) < 4.78 is 0. The first-order chi connectivity index (χ1) is 8.28. The summed E-state index contributed by atoms with van der Waals surface area (Å²) in [5, 5.41) is 1.90. The van der Waals surface area contributed by atoms with Crippen molar-refractivity contribution in [3.63, 3.8) is 0 Å². The van der Waals surface area contributed by atoms with Crippen LogP contribution in [0.1, 0.15) is 5.56 Å². The van der Waals surface area contributed by atoms with Crippen molar-refractivity contribution in [3.8, 4) is 0 Å². The molecule has 0 aromatic heterocycles. The van der Waals surface area contributed by atoms with Gasteiger partial charge in [-0.05, 0) is 17.7 Å². The van der Waals surface area contributed by atoms with Crippen molar-refractivity contribution in [3.05, 3.63) is 34.9 Å². The van der Waals surface area contributed by atoms with Gasteiger partial charge in [0.05, 0.1) is 0 Å². The predicted octanol–water partition coefficient (Wildman–Crippen LogP) is 2.85. The lowest BCUT2D eigenvalue weighted by atomic mass is 10.2. The molecule has 0 spiro atoms. The predicted molar refractivity (Wildman–Crippen MR) is 77.0 cm³/mol. The smallest absolute Gasteiger partial charge is 0.0409 e. The lowest BCUT2D eigenvalue weighted by molar-refractivity contribution is 0.133. The number of hydrogen-bond donors (Lipinski definition) is 0. The molecule has 94 valence electrons. The second kappa shape index (κ2) is 6.74. The molecule has 1 aliphatic heterocycles.